The molecule has 0 bridgehead atoms. The molecule has 2 fully saturated rings. The van der Waals surface area contributed by atoms with Crippen LogP contribution in [0.4, 0.5) is 0 Å². The maximum atomic E-state index is 12.4. The Hall–Kier alpha value is -0.570. The molecule has 2 unspecified atom stereocenters. The highest BCUT2D eigenvalue weighted by molar-refractivity contribution is 5.82. The van der Waals surface area contributed by atoms with Crippen molar-refractivity contribution in [2.45, 2.75) is 70.9 Å². The van der Waals surface area contributed by atoms with Gasteiger partial charge in [-0.3, -0.25) is 4.79 Å². The van der Waals surface area contributed by atoms with Gasteiger partial charge in [0.05, 0.1) is 6.04 Å². The quantitative estimate of drug-likeness (QED) is 0.839. The summed E-state index contributed by atoms with van der Waals surface area (Å²) in [7, 11) is 0. The van der Waals surface area contributed by atoms with Crippen LogP contribution in [0.3, 0.4) is 0 Å². The van der Waals surface area contributed by atoms with Crippen LogP contribution in [0.5, 0.6) is 0 Å². The number of carbonyl (C=O) groups is 1. The first kappa shape index (κ1) is 13.9. The molecule has 1 aliphatic carbocycles. The molecule has 0 aromatic carbocycles. The molecule has 2 aliphatic rings. The number of amides is 1. The number of hydrogen-bond donors (Lipinski definition) is 1. The molecule has 104 valence electrons. The molecular weight excluding hydrogens is 224 g/mol. The van der Waals surface area contributed by atoms with Gasteiger partial charge in [-0.25, -0.2) is 0 Å². The van der Waals surface area contributed by atoms with E-state index in [1.54, 1.807) is 0 Å². The fourth-order valence-corrected chi connectivity index (χ4v) is 3.55. The van der Waals surface area contributed by atoms with Crippen molar-refractivity contribution in [3.05, 3.63) is 0 Å². The van der Waals surface area contributed by atoms with E-state index in [9.17, 15) is 4.79 Å². The van der Waals surface area contributed by atoms with Crippen LogP contribution in [0.1, 0.15) is 58.8 Å². The van der Waals surface area contributed by atoms with E-state index in [0.717, 1.165) is 18.9 Å². The first-order chi connectivity index (χ1) is 8.61. The van der Waals surface area contributed by atoms with E-state index < -0.39 is 0 Å². The highest BCUT2D eigenvalue weighted by Crippen LogP contribution is 2.34. The molecule has 3 heteroatoms. The van der Waals surface area contributed by atoms with Crippen molar-refractivity contribution < 1.29 is 4.79 Å². The normalized spacial score (nSPS) is 27.8. The van der Waals surface area contributed by atoms with Gasteiger partial charge in [0, 0.05) is 12.6 Å². The van der Waals surface area contributed by atoms with E-state index in [4.69, 9.17) is 5.73 Å². The zero-order chi connectivity index (χ0) is 13.1. The summed E-state index contributed by atoms with van der Waals surface area (Å²) in [6, 6.07) is 0.178. The third-order valence-corrected chi connectivity index (χ3v) is 4.78. The Morgan fingerprint density at radius 3 is 2.39 bits per heavy atom. The summed E-state index contributed by atoms with van der Waals surface area (Å²) in [5, 5.41) is 0. The fraction of sp³-hybridized carbons (Fsp3) is 0.933. The molecular formula is C15H28N2O. The van der Waals surface area contributed by atoms with Crippen LogP contribution in [0.15, 0.2) is 0 Å². The van der Waals surface area contributed by atoms with Crippen molar-refractivity contribution in [1.29, 1.82) is 0 Å². The molecule has 18 heavy (non-hydrogen) atoms. The number of likely N-dealkylation sites (tertiary alicyclic amines) is 1. The zero-order valence-corrected chi connectivity index (χ0v) is 11.9. The molecule has 2 atom stereocenters. The van der Waals surface area contributed by atoms with Crippen LogP contribution in [0.2, 0.25) is 0 Å². The molecule has 1 saturated carbocycles. The predicted molar refractivity (Wildman–Crippen MR) is 74.1 cm³/mol. The molecule has 0 aromatic rings. The van der Waals surface area contributed by atoms with Gasteiger partial charge in [-0.1, -0.05) is 33.1 Å². The van der Waals surface area contributed by atoms with Gasteiger partial charge in [-0.15, -0.1) is 0 Å². The molecule has 2 rings (SSSR count). The highest BCUT2D eigenvalue weighted by atomic mass is 16.2. The Bertz CT molecular complexity index is 284. The van der Waals surface area contributed by atoms with Crippen LogP contribution < -0.4 is 5.73 Å². The maximum absolute atomic E-state index is 12.4. The van der Waals surface area contributed by atoms with Crippen molar-refractivity contribution in [3.8, 4) is 0 Å². The number of hydrogen-bond acceptors (Lipinski definition) is 2. The Labute approximate surface area is 111 Å². The van der Waals surface area contributed by atoms with E-state index in [1.807, 2.05) is 13.8 Å². The molecule has 1 saturated heterocycles. The van der Waals surface area contributed by atoms with E-state index in [0.29, 0.717) is 6.04 Å². The fourth-order valence-electron chi connectivity index (χ4n) is 3.55. The Balaban J connectivity index is 2.00. The van der Waals surface area contributed by atoms with Crippen LogP contribution in [0, 0.1) is 11.8 Å². The minimum Gasteiger partial charge on any atom is -0.338 e. The van der Waals surface area contributed by atoms with Crippen molar-refractivity contribution in [3.63, 3.8) is 0 Å². The average Bonchev–Trinajstić information content (AvgIpc) is 2.87. The van der Waals surface area contributed by atoms with Gasteiger partial charge in [0.25, 0.3) is 0 Å². The largest absolute Gasteiger partial charge is 0.338 e. The zero-order valence-electron chi connectivity index (χ0n) is 11.9. The van der Waals surface area contributed by atoms with Crippen molar-refractivity contribution in [1.82, 2.24) is 4.90 Å². The van der Waals surface area contributed by atoms with Crippen molar-refractivity contribution in [2.24, 2.45) is 17.6 Å². The molecule has 0 radical (unpaired) electrons. The Kier molecular flexibility index (Phi) is 4.66. The van der Waals surface area contributed by atoms with Gasteiger partial charge in [0.2, 0.25) is 5.91 Å². The summed E-state index contributed by atoms with van der Waals surface area (Å²) in [5.41, 5.74) is 6.04. The van der Waals surface area contributed by atoms with Crippen LogP contribution >= 0.6 is 0 Å². The molecule has 1 amide bonds. The standard InChI is InChI=1S/C15H28N2O/c1-11(2)14(16)15(18)17-10-6-9-13(17)12-7-4-3-5-8-12/h11-14H,3-10,16H2,1-2H3. The maximum Gasteiger partial charge on any atom is 0.240 e. The van der Waals surface area contributed by atoms with E-state index in [1.165, 1.54) is 38.5 Å². The number of rotatable bonds is 3. The van der Waals surface area contributed by atoms with Gasteiger partial charge in [0.15, 0.2) is 0 Å². The summed E-state index contributed by atoms with van der Waals surface area (Å²) >= 11 is 0. The third-order valence-electron chi connectivity index (χ3n) is 4.78. The minimum atomic E-state index is -0.311. The van der Waals surface area contributed by atoms with Gasteiger partial charge < -0.3 is 10.6 Å². The molecule has 2 N–H and O–H groups in total. The van der Waals surface area contributed by atoms with Crippen molar-refractivity contribution >= 4 is 5.91 Å². The monoisotopic (exact) mass is 252 g/mol. The second-order valence-electron chi connectivity index (χ2n) is 6.41. The summed E-state index contributed by atoms with van der Waals surface area (Å²) in [6.45, 7) is 5.00. The minimum absolute atomic E-state index is 0.193. The van der Waals surface area contributed by atoms with Crippen LogP contribution in [-0.4, -0.2) is 29.4 Å². The lowest BCUT2D eigenvalue weighted by atomic mass is 9.82. The second-order valence-corrected chi connectivity index (χ2v) is 6.41. The lowest BCUT2D eigenvalue weighted by Gasteiger charge is -2.35. The topological polar surface area (TPSA) is 46.3 Å². The van der Waals surface area contributed by atoms with E-state index in [2.05, 4.69) is 4.90 Å². The third kappa shape index (κ3) is 2.87. The van der Waals surface area contributed by atoms with Crippen molar-refractivity contribution in [2.75, 3.05) is 6.54 Å². The number of carbonyl (C=O) groups excluding carboxylic acids is 1. The summed E-state index contributed by atoms with van der Waals surface area (Å²) in [5.74, 6) is 1.17. The average molecular weight is 252 g/mol. The molecule has 1 heterocycles. The predicted octanol–water partition coefficient (Wildman–Crippen LogP) is 2.54. The van der Waals surface area contributed by atoms with Gasteiger partial charge in [-0.05, 0) is 37.5 Å². The van der Waals surface area contributed by atoms with Crippen LogP contribution in [0.25, 0.3) is 0 Å². The Morgan fingerprint density at radius 1 is 1.11 bits per heavy atom. The number of nitrogens with zero attached hydrogens (tertiary/aromatic N) is 1. The molecule has 3 nitrogen and oxygen atoms in total. The number of nitrogens with two attached hydrogens (primary N) is 1. The first-order valence-electron chi connectivity index (χ1n) is 7.67. The molecule has 0 aromatic heterocycles. The lowest BCUT2D eigenvalue weighted by Crippen LogP contribution is -2.50. The summed E-state index contributed by atoms with van der Waals surface area (Å²) in [4.78, 5) is 14.6. The van der Waals surface area contributed by atoms with Gasteiger partial charge >= 0.3 is 0 Å². The lowest BCUT2D eigenvalue weighted by molar-refractivity contribution is -0.135. The summed E-state index contributed by atoms with van der Waals surface area (Å²) in [6.07, 6.45) is 9.05. The SMILES string of the molecule is CC(C)C(N)C(=O)N1CCCC1C1CCCCC1. The molecule has 1 aliphatic heterocycles. The van der Waals surface area contributed by atoms with E-state index in [-0.39, 0.29) is 17.9 Å². The molecule has 0 spiro atoms. The van der Waals surface area contributed by atoms with Gasteiger partial charge in [-0.2, -0.15) is 0 Å². The smallest absolute Gasteiger partial charge is 0.240 e. The van der Waals surface area contributed by atoms with Crippen LogP contribution in [-0.2, 0) is 4.79 Å². The second kappa shape index (κ2) is 6.05. The van der Waals surface area contributed by atoms with Gasteiger partial charge in [0.1, 0.15) is 0 Å². The summed E-state index contributed by atoms with van der Waals surface area (Å²) < 4.78 is 0. The van der Waals surface area contributed by atoms with E-state index >= 15 is 0 Å². The highest BCUT2D eigenvalue weighted by Gasteiger charge is 2.37. The first-order valence-corrected chi connectivity index (χ1v) is 7.67. The Morgan fingerprint density at radius 2 is 1.78 bits per heavy atom.